The van der Waals surface area contributed by atoms with Crippen molar-refractivity contribution in [1.82, 2.24) is 9.97 Å². The van der Waals surface area contributed by atoms with Gasteiger partial charge in [0.25, 0.3) is 0 Å². The lowest BCUT2D eigenvalue weighted by molar-refractivity contribution is -0.181. The lowest BCUT2D eigenvalue weighted by atomic mass is 9.82. The van der Waals surface area contributed by atoms with Crippen molar-refractivity contribution in [3.63, 3.8) is 0 Å². The molecular formula is C52H74N2O10. The van der Waals surface area contributed by atoms with E-state index in [1.54, 1.807) is 27.7 Å². The summed E-state index contributed by atoms with van der Waals surface area (Å²) < 4.78 is 40.9. The molecule has 352 valence electrons. The van der Waals surface area contributed by atoms with Crippen molar-refractivity contribution in [2.24, 2.45) is 23.7 Å². The summed E-state index contributed by atoms with van der Waals surface area (Å²) in [6, 6.07) is 16.3. The monoisotopic (exact) mass is 887 g/mol. The van der Waals surface area contributed by atoms with Crippen LogP contribution in [0, 0.1) is 51.4 Å². The van der Waals surface area contributed by atoms with E-state index in [4.69, 9.17) is 32.5 Å². The fourth-order valence-corrected chi connectivity index (χ4v) is 7.99. The van der Waals surface area contributed by atoms with Crippen LogP contribution in [0.3, 0.4) is 0 Å². The van der Waals surface area contributed by atoms with Crippen LogP contribution < -0.4 is 0 Å². The standard InChI is InChI=1S/C28H41NO5.C24H33NO5/c1-19-11-13-23(14-12-19)25-29-24(20(2)33-25)18-31-16-21-9-8-10-22(15-21)17-32-28(6,7)26(30)34-27(3,4)5;1-16-8-10-20(11-9-16)22-25-21(17(2)30-22)15-28-13-18-6-5-7-19(12-18)14-29-24(3,4)23(26)27/h11-14,21-22H,8-10,15-18H2,1-7H3;8-11,18-19H,5-7,12-15H2,1-4H3,(H,26,27). The van der Waals surface area contributed by atoms with E-state index in [0.29, 0.717) is 75.1 Å². The third-order valence-electron chi connectivity index (χ3n) is 12.1. The number of carbonyl (C=O) groups is 2. The first kappa shape index (κ1) is 50.6. The number of aromatic nitrogens is 2. The molecule has 2 aliphatic carbocycles. The summed E-state index contributed by atoms with van der Waals surface area (Å²) in [4.78, 5) is 32.9. The van der Waals surface area contributed by atoms with Gasteiger partial charge in [0.2, 0.25) is 11.8 Å². The van der Waals surface area contributed by atoms with Crippen LogP contribution in [0.4, 0.5) is 0 Å². The molecule has 4 aromatic rings. The van der Waals surface area contributed by atoms with Crippen LogP contribution in [-0.2, 0) is 46.5 Å². The van der Waals surface area contributed by atoms with E-state index in [2.05, 4.69) is 35.9 Å². The molecule has 0 amide bonds. The van der Waals surface area contributed by atoms with Gasteiger partial charge in [-0.25, -0.2) is 19.6 Å². The summed E-state index contributed by atoms with van der Waals surface area (Å²) in [7, 11) is 0. The smallest absolute Gasteiger partial charge is 0.338 e. The third-order valence-corrected chi connectivity index (χ3v) is 12.1. The van der Waals surface area contributed by atoms with Gasteiger partial charge in [-0.15, -0.1) is 0 Å². The molecule has 2 aromatic carbocycles. The molecule has 0 bridgehead atoms. The first-order valence-electron chi connectivity index (χ1n) is 23.1. The van der Waals surface area contributed by atoms with E-state index < -0.39 is 22.8 Å². The van der Waals surface area contributed by atoms with Gasteiger partial charge in [-0.05, 0) is 163 Å². The fourth-order valence-electron chi connectivity index (χ4n) is 7.99. The number of hydrogen-bond acceptors (Lipinski definition) is 11. The summed E-state index contributed by atoms with van der Waals surface area (Å²) in [5.74, 6) is 3.36. The number of carbonyl (C=O) groups excluding carboxylic acids is 1. The van der Waals surface area contributed by atoms with Crippen LogP contribution >= 0.6 is 0 Å². The van der Waals surface area contributed by atoms with E-state index >= 15 is 0 Å². The summed E-state index contributed by atoms with van der Waals surface area (Å²) in [6.07, 6.45) is 8.78. The zero-order valence-electron chi connectivity index (χ0n) is 40.3. The zero-order chi connectivity index (χ0) is 46.7. The maximum Gasteiger partial charge on any atom is 0.338 e. The van der Waals surface area contributed by atoms with Gasteiger partial charge >= 0.3 is 11.9 Å². The van der Waals surface area contributed by atoms with Gasteiger partial charge in [0.05, 0.1) is 26.4 Å². The Morgan fingerprint density at radius 1 is 0.594 bits per heavy atom. The highest BCUT2D eigenvalue weighted by molar-refractivity contribution is 5.79. The molecule has 0 spiro atoms. The molecule has 0 radical (unpaired) electrons. The maximum atomic E-state index is 12.4. The lowest BCUT2D eigenvalue weighted by Crippen LogP contribution is -2.42. The average molecular weight is 887 g/mol. The van der Waals surface area contributed by atoms with Crippen molar-refractivity contribution in [1.29, 1.82) is 0 Å². The van der Waals surface area contributed by atoms with Crippen LogP contribution in [0.15, 0.2) is 57.4 Å². The molecule has 2 heterocycles. The number of nitrogens with zero attached hydrogens (tertiary/aromatic N) is 2. The predicted octanol–water partition coefficient (Wildman–Crippen LogP) is 11.6. The average Bonchev–Trinajstić information content (AvgIpc) is 3.80. The molecular weight excluding hydrogens is 813 g/mol. The molecule has 2 aromatic heterocycles. The van der Waals surface area contributed by atoms with Crippen LogP contribution in [0.5, 0.6) is 0 Å². The Kier molecular flexibility index (Phi) is 18.0. The minimum absolute atomic E-state index is 0.316. The predicted molar refractivity (Wildman–Crippen MR) is 247 cm³/mol. The maximum absolute atomic E-state index is 12.4. The van der Waals surface area contributed by atoms with E-state index in [-0.39, 0.29) is 5.97 Å². The van der Waals surface area contributed by atoms with Crippen molar-refractivity contribution in [2.75, 3.05) is 26.4 Å². The Labute approximate surface area is 381 Å². The largest absolute Gasteiger partial charge is 0.479 e. The van der Waals surface area contributed by atoms with Crippen molar-refractivity contribution >= 4 is 11.9 Å². The highest BCUT2D eigenvalue weighted by Crippen LogP contribution is 2.33. The number of aliphatic carboxylic acids is 1. The van der Waals surface area contributed by atoms with Crippen LogP contribution in [0.1, 0.15) is 134 Å². The number of oxazole rings is 2. The number of hydrogen-bond donors (Lipinski definition) is 1. The number of rotatable bonds is 18. The molecule has 0 aliphatic heterocycles. The minimum atomic E-state index is -1.14. The molecule has 2 fully saturated rings. The van der Waals surface area contributed by atoms with Crippen LogP contribution in [0.25, 0.3) is 22.9 Å². The topological polar surface area (TPSA) is 153 Å². The van der Waals surface area contributed by atoms with E-state index in [0.717, 1.165) is 85.4 Å². The lowest BCUT2D eigenvalue weighted by Gasteiger charge is -2.33. The van der Waals surface area contributed by atoms with Crippen LogP contribution in [0.2, 0.25) is 0 Å². The van der Waals surface area contributed by atoms with Crippen molar-refractivity contribution in [3.05, 3.63) is 82.6 Å². The Balaban J connectivity index is 0.000000243. The summed E-state index contributed by atoms with van der Waals surface area (Å²) >= 11 is 0. The van der Waals surface area contributed by atoms with Gasteiger partial charge in [0.15, 0.2) is 11.2 Å². The Bertz CT molecular complexity index is 2080. The Morgan fingerprint density at radius 2 is 0.969 bits per heavy atom. The number of carboxylic acids is 1. The minimum Gasteiger partial charge on any atom is -0.479 e. The normalized spacial score (nSPS) is 19.5. The van der Waals surface area contributed by atoms with E-state index in [1.165, 1.54) is 11.1 Å². The van der Waals surface area contributed by atoms with E-state index in [1.807, 2.05) is 71.0 Å². The van der Waals surface area contributed by atoms with Gasteiger partial charge in [0.1, 0.15) is 28.5 Å². The van der Waals surface area contributed by atoms with Crippen molar-refractivity contribution in [3.8, 4) is 22.9 Å². The number of carboxylic acid groups (broad SMARTS) is 1. The van der Waals surface area contributed by atoms with Gasteiger partial charge in [-0.1, -0.05) is 48.2 Å². The van der Waals surface area contributed by atoms with Gasteiger partial charge in [0, 0.05) is 24.3 Å². The van der Waals surface area contributed by atoms with Crippen molar-refractivity contribution < 1.29 is 47.2 Å². The number of ether oxygens (including phenoxy) is 5. The number of benzene rings is 2. The summed E-state index contributed by atoms with van der Waals surface area (Å²) in [6.45, 7) is 23.7. The number of aryl methyl sites for hydroxylation is 4. The van der Waals surface area contributed by atoms with Crippen molar-refractivity contribution in [2.45, 2.75) is 158 Å². The second-order valence-electron chi connectivity index (χ2n) is 20.1. The second kappa shape index (κ2) is 22.7. The second-order valence-corrected chi connectivity index (χ2v) is 20.1. The molecule has 1 N–H and O–H groups in total. The SMILES string of the molecule is Cc1ccc(-c2nc(COCC3CCCC(COC(C)(C)C(=O)O)C3)c(C)o2)cc1.Cc1ccc(-c2nc(COCC3CCCC(COC(C)(C)C(=O)OC(C)(C)C)C3)c(C)o2)cc1. The van der Waals surface area contributed by atoms with Gasteiger partial charge in [-0.2, -0.15) is 0 Å². The molecule has 12 nitrogen and oxygen atoms in total. The molecule has 64 heavy (non-hydrogen) atoms. The molecule has 4 unspecified atom stereocenters. The first-order valence-corrected chi connectivity index (χ1v) is 23.1. The Hall–Kier alpha value is -4.36. The summed E-state index contributed by atoms with van der Waals surface area (Å²) in [5.41, 5.74) is 3.44. The molecule has 12 heteroatoms. The molecule has 6 rings (SSSR count). The molecule has 2 aliphatic rings. The fraction of sp³-hybridized carbons (Fsp3) is 0.615. The Morgan fingerprint density at radius 3 is 1.34 bits per heavy atom. The van der Waals surface area contributed by atoms with Gasteiger partial charge in [-0.3, -0.25) is 0 Å². The quantitative estimate of drug-likeness (QED) is 0.0946. The zero-order valence-corrected chi connectivity index (χ0v) is 40.3. The number of esters is 1. The molecule has 2 saturated carbocycles. The highest BCUT2D eigenvalue weighted by atomic mass is 16.6. The third kappa shape index (κ3) is 15.7. The molecule has 0 saturated heterocycles. The first-order chi connectivity index (χ1) is 30.2. The van der Waals surface area contributed by atoms with Gasteiger partial charge < -0.3 is 37.6 Å². The summed E-state index contributed by atoms with van der Waals surface area (Å²) in [5, 5.41) is 9.20. The molecule has 4 atom stereocenters. The van der Waals surface area contributed by atoms with Crippen LogP contribution in [-0.4, -0.2) is 70.2 Å². The highest BCUT2D eigenvalue weighted by Gasteiger charge is 2.35. The van der Waals surface area contributed by atoms with E-state index in [9.17, 15) is 14.7 Å².